The minimum atomic E-state index is -1.24. The first-order chi connectivity index (χ1) is 18.4. The maximum Gasteiger partial charge on any atom is 0.326 e. The standard InChI is InChI=1S/C24H40N10O5/c1-14(32-20(36)16(25)9-5-11-30-23(26)27)19(35)34-18(13-15-7-3-2-4-8-15)21(37)33-17(22(38)39)10-6-12-31-24(28)29/h2-4,7-8,14,16-18H,5-6,9-13,25H2,1H3,(H,32,36)(H,33,37)(H,34,35)(H,38,39)(H4,26,27,30)(H4,28,29,31). The smallest absolute Gasteiger partial charge is 0.326 e. The molecule has 14 N–H and O–H groups in total. The van der Waals surface area contributed by atoms with Crippen molar-refractivity contribution >= 4 is 35.6 Å². The molecule has 15 heteroatoms. The molecule has 4 unspecified atom stereocenters. The van der Waals surface area contributed by atoms with Crippen LogP contribution < -0.4 is 44.6 Å². The molecule has 0 aliphatic carbocycles. The van der Waals surface area contributed by atoms with E-state index in [2.05, 4.69) is 25.9 Å². The normalized spacial score (nSPS) is 13.6. The molecule has 15 nitrogen and oxygen atoms in total. The fourth-order valence-corrected chi connectivity index (χ4v) is 3.43. The highest BCUT2D eigenvalue weighted by molar-refractivity contribution is 5.94. The van der Waals surface area contributed by atoms with Gasteiger partial charge in [0.05, 0.1) is 6.04 Å². The van der Waals surface area contributed by atoms with E-state index < -0.39 is 47.9 Å². The maximum absolute atomic E-state index is 13.1. The Morgan fingerprint density at radius 1 is 0.795 bits per heavy atom. The average Bonchev–Trinajstić information content (AvgIpc) is 2.87. The molecule has 39 heavy (non-hydrogen) atoms. The third kappa shape index (κ3) is 13.6. The van der Waals surface area contributed by atoms with Gasteiger partial charge in [-0.05, 0) is 38.2 Å². The molecular formula is C24H40N10O5. The molecule has 4 atom stereocenters. The summed E-state index contributed by atoms with van der Waals surface area (Å²) in [5.41, 5.74) is 27.7. The van der Waals surface area contributed by atoms with Gasteiger partial charge in [0.15, 0.2) is 11.9 Å². The van der Waals surface area contributed by atoms with Gasteiger partial charge in [-0.1, -0.05) is 30.3 Å². The minimum absolute atomic E-state index is 0.0620. The van der Waals surface area contributed by atoms with Crippen LogP contribution in [0.4, 0.5) is 0 Å². The first-order valence-electron chi connectivity index (χ1n) is 12.4. The summed E-state index contributed by atoms with van der Waals surface area (Å²) in [5.74, 6) is -3.33. The Bertz CT molecular complexity index is 1010. The molecule has 0 saturated heterocycles. The highest BCUT2D eigenvalue weighted by Gasteiger charge is 2.29. The number of rotatable bonds is 17. The van der Waals surface area contributed by atoms with Crippen LogP contribution in [0.3, 0.4) is 0 Å². The number of hydrogen-bond donors (Lipinski definition) is 9. The van der Waals surface area contributed by atoms with Crippen molar-refractivity contribution in [2.75, 3.05) is 13.1 Å². The van der Waals surface area contributed by atoms with Crippen LogP contribution in [0.15, 0.2) is 40.3 Å². The summed E-state index contributed by atoms with van der Waals surface area (Å²) >= 11 is 0. The lowest BCUT2D eigenvalue weighted by Crippen LogP contribution is -2.57. The van der Waals surface area contributed by atoms with E-state index in [1.807, 2.05) is 0 Å². The van der Waals surface area contributed by atoms with Crippen molar-refractivity contribution in [1.29, 1.82) is 0 Å². The largest absolute Gasteiger partial charge is 0.480 e. The van der Waals surface area contributed by atoms with E-state index in [1.54, 1.807) is 30.3 Å². The molecule has 0 fully saturated rings. The number of benzene rings is 1. The molecule has 0 heterocycles. The van der Waals surface area contributed by atoms with Crippen molar-refractivity contribution in [3.05, 3.63) is 35.9 Å². The summed E-state index contributed by atoms with van der Waals surface area (Å²) in [5, 5.41) is 17.1. The highest BCUT2D eigenvalue weighted by Crippen LogP contribution is 2.06. The van der Waals surface area contributed by atoms with E-state index in [1.165, 1.54) is 6.92 Å². The fourth-order valence-electron chi connectivity index (χ4n) is 3.43. The van der Waals surface area contributed by atoms with Crippen LogP contribution in [0, 0.1) is 0 Å². The highest BCUT2D eigenvalue weighted by atomic mass is 16.4. The van der Waals surface area contributed by atoms with Crippen LogP contribution >= 0.6 is 0 Å². The van der Waals surface area contributed by atoms with Crippen molar-refractivity contribution in [3.63, 3.8) is 0 Å². The van der Waals surface area contributed by atoms with Crippen molar-refractivity contribution in [2.24, 2.45) is 38.7 Å². The second-order valence-corrected chi connectivity index (χ2v) is 8.88. The third-order valence-corrected chi connectivity index (χ3v) is 5.53. The summed E-state index contributed by atoms with van der Waals surface area (Å²) < 4.78 is 0. The Hall–Kier alpha value is -4.40. The van der Waals surface area contributed by atoms with E-state index in [9.17, 15) is 24.3 Å². The minimum Gasteiger partial charge on any atom is -0.480 e. The van der Waals surface area contributed by atoms with Crippen LogP contribution in [-0.2, 0) is 25.6 Å². The number of aliphatic carboxylic acids is 1. The lowest BCUT2D eigenvalue weighted by molar-refractivity contribution is -0.142. The molecule has 0 aromatic heterocycles. The maximum atomic E-state index is 13.1. The Balaban J connectivity index is 2.84. The number of carbonyl (C=O) groups is 4. The van der Waals surface area contributed by atoms with Gasteiger partial charge in [-0.2, -0.15) is 0 Å². The molecule has 216 valence electrons. The van der Waals surface area contributed by atoms with Gasteiger partial charge in [0, 0.05) is 19.5 Å². The van der Waals surface area contributed by atoms with Crippen LogP contribution in [-0.4, -0.2) is 78.0 Å². The summed E-state index contributed by atoms with van der Waals surface area (Å²) in [4.78, 5) is 57.7. The average molecular weight is 549 g/mol. The molecule has 0 aliphatic rings. The number of carboxylic acids is 1. The SMILES string of the molecule is CC(NC(=O)C(N)CCCN=C(N)N)C(=O)NC(Cc1ccccc1)C(=O)NC(CCCN=C(N)N)C(=O)O. The first kappa shape index (κ1) is 32.6. The van der Waals surface area contributed by atoms with Crippen LogP contribution in [0.1, 0.15) is 38.2 Å². The lowest BCUT2D eigenvalue weighted by atomic mass is 10.0. The van der Waals surface area contributed by atoms with Gasteiger partial charge in [-0.3, -0.25) is 24.4 Å². The molecule has 0 radical (unpaired) electrons. The van der Waals surface area contributed by atoms with E-state index in [0.29, 0.717) is 19.4 Å². The fraction of sp³-hybridized carbons (Fsp3) is 0.500. The second-order valence-electron chi connectivity index (χ2n) is 8.88. The molecular weight excluding hydrogens is 508 g/mol. The second kappa shape index (κ2) is 17.2. The third-order valence-electron chi connectivity index (χ3n) is 5.53. The predicted octanol–water partition coefficient (Wildman–Crippen LogP) is -2.78. The van der Waals surface area contributed by atoms with Crippen molar-refractivity contribution in [2.45, 2.75) is 63.2 Å². The number of nitrogens with two attached hydrogens (primary N) is 5. The molecule has 1 aromatic carbocycles. The topological polar surface area (TPSA) is 279 Å². The number of nitrogens with one attached hydrogen (secondary N) is 3. The number of hydrogen-bond acceptors (Lipinski definition) is 7. The summed E-state index contributed by atoms with van der Waals surface area (Å²) in [7, 11) is 0. The molecule has 0 aliphatic heterocycles. The van der Waals surface area contributed by atoms with Crippen molar-refractivity contribution in [1.82, 2.24) is 16.0 Å². The molecule has 0 saturated carbocycles. The van der Waals surface area contributed by atoms with Crippen molar-refractivity contribution in [3.8, 4) is 0 Å². The van der Waals surface area contributed by atoms with Gasteiger partial charge in [-0.15, -0.1) is 0 Å². The number of guanidine groups is 2. The van der Waals surface area contributed by atoms with E-state index >= 15 is 0 Å². The Morgan fingerprint density at radius 2 is 1.33 bits per heavy atom. The van der Waals surface area contributed by atoms with Gasteiger partial charge in [0.2, 0.25) is 17.7 Å². The van der Waals surface area contributed by atoms with Gasteiger partial charge in [-0.25, -0.2) is 4.79 Å². The van der Waals surface area contributed by atoms with E-state index in [0.717, 1.165) is 5.56 Å². The first-order valence-corrected chi connectivity index (χ1v) is 12.4. The number of carbonyl (C=O) groups excluding carboxylic acids is 3. The summed E-state index contributed by atoms with van der Waals surface area (Å²) in [6.07, 6.45) is 1.21. The Kier molecular flexibility index (Phi) is 14.4. The van der Waals surface area contributed by atoms with Gasteiger partial charge in [0.1, 0.15) is 18.1 Å². The van der Waals surface area contributed by atoms with Gasteiger partial charge >= 0.3 is 5.97 Å². The number of aliphatic imine (C=N–C) groups is 2. The van der Waals surface area contributed by atoms with Gasteiger partial charge in [0.25, 0.3) is 0 Å². The van der Waals surface area contributed by atoms with E-state index in [-0.39, 0.29) is 37.7 Å². The summed E-state index contributed by atoms with van der Waals surface area (Å²) in [6.45, 7) is 1.95. The van der Waals surface area contributed by atoms with Crippen LogP contribution in [0.5, 0.6) is 0 Å². The number of carboxylic acid groups (broad SMARTS) is 1. The number of amides is 3. The van der Waals surface area contributed by atoms with Crippen LogP contribution in [0.25, 0.3) is 0 Å². The Labute approximate surface area is 227 Å². The van der Waals surface area contributed by atoms with E-state index in [4.69, 9.17) is 28.7 Å². The molecule has 1 rings (SSSR count). The lowest BCUT2D eigenvalue weighted by Gasteiger charge is -2.24. The molecule has 1 aromatic rings. The zero-order chi connectivity index (χ0) is 29.4. The molecule has 3 amide bonds. The van der Waals surface area contributed by atoms with Crippen LogP contribution in [0.2, 0.25) is 0 Å². The van der Waals surface area contributed by atoms with Crippen molar-refractivity contribution < 1.29 is 24.3 Å². The van der Waals surface area contributed by atoms with Gasteiger partial charge < -0.3 is 49.7 Å². The molecule has 0 bridgehead atoms. The summed E-state index contributed by atoms with van der Waals surface area (Å²) in [6, 6.07) is 4.61. The quantitative estimate of drug-likeness (QED) is 0.0548. The zero-order valence-electron chi connectivity index (χ0n) is 22.0. The Morgan fingerprint density at radius 3 is 1.87 bits per heavy atom. The molecule has 0 spiro atoms. The number of nitrogens with zero attached hydrogens (tertiary/aromatic N) is 2. The monoisotopic (exact) mass is 548 g/mol. The predicted molar refractivity (Wildman–Crippen MR) is 147 cm³/mol. The zero-order valence-corrected chi connectivity index (χ0v) is 22.0.